The quantitative estimate of drug-likeness (QED) is 0.389. The molecule has 144 valence electrons. The average molecular weight is 374 g/mol. The molecule has 0 radical (unpaired) electrons. The summed E-state index contributed by atoms with van der Waals surface area (Å²) in [6.07, 6.45) is -11.3. The molecule has 1 fully saturated rings. The third kappa shape index (κ3) is 3.89. The summed E-state index contributed by atoms with van der Waals surface area (Å²) in [7, 11) is 0. The predicted molar refractivity (Wildman–Crippen MR) is 75.8 cm³/mol. The van der Waals surface area contributed by atoms with Crippen molar-refractivity contribution < 1.29 is 41.0 Å². The van der Waals surface area contributed by atoms with Crippen LogP contribution in [0.25, 0.3) is 0 Å². The maximum Gasteiger partial charge on any atom is 0.506 e. The second-order valence-electron chi connectivity index (χ2n) is 7.63. The number of ether oxygens (including phenoxy) is 1. The fraction of sp³-hybridized carbons (Fsp3) is 0.812. The molecule has 0 aromatic carbocycles. The van der Waals surface area contributed by atoms with Crippen LogP contribution in [-0.2, 0) is 4.74 Å². The minimum Gasteiger partial charge on any atom is -0.450 e. The van der Waals surface area contributed by atoms with Gasteiger partial charge in [0.15, 0.2) is 5.41 Å². The smallest absolute Gasteiger partial charge is 0.450 e. The molecule has 0 heterocycles. The lowest BCUT2D eigenvalue weighted by molar-refractivity contribution is -0.357. The second kappa shape index (κ2) is 6.09. The minimum absolute atomic E-state index is 0.0254. The van der Waals surface area contributed by atoms with Crippen LogP contribution >= 0.6 is 0 Å². The summed E-state index contributed by atoms with van der Waals surface area (Å²) >= 11 is 0. The number of allylic oxidation sites excluding steroid dienone is 2. The SMILES string of the molecule is CC(C)(CC(CC1CC2C=CC1C2)(C(F)(F)F)C(F)(F)F)OC(=O)O. The Bertz CT molecular complexity index is 535. The van der Waals surface area contributed by atoms with E-state index in [9.17, 15) is 31.1 Å². The van der Waals surface area contributed by atoms with E-state index in [4.69, 9.17) is 5.11 Å². The van der Waals surface area contributed by atoms with Crippen LogP contribution < -0.4 is 0 Å². The van der Waals surface area contributed by atoms with Crippen molar-refractivity contribution in [2.75, 3.05) is 0 Å². The van der Waals surface area contributed by atoms with Crippen LogP contribution in [0.15, 0.2) is 12.2 Å². The third-order valence-corrected chi connectivity index (χ3v) is 5.20. The maximum atomic E-state index is 13.7. The van der Waals surface area contributed by atoms with Gasteiger partial charge in [-0.25, -0.2) is 4.79 Å². The second-order valence-corrected chi connectivity index (χ2v) is 7.63. The Kier molecular flexibility index (Phi) is 4.85. The third-order valence-electron chi connectivity index (χ3n) is 5.20. The van der Waals surface area contributed by atoms with Gasteiger partial charge in [0.1, 0.15) is 5.60 Å². The number of rotatable bonds is 5. The molecule has 3 atom stereocenters. The van der Waals surface area contributed by atoms with Crippen LogP contribution in [0.5, 0.6) is 0 Å². The van der Waals surface area contributed by atoms with Gasteiger partial charge < -0.3 is 9.84 Å². The molecule has 3 unspecified atom stereocenters. The summed E-state index contributed by atoms with van der Waals surface area (Å²) in [6, 6.07) is 0. The van der Waals surface area contributed by atoms with Crippen molar-refractivity contribution in [3.63, 3.8) is 0 Å². The molecular formula is C16H20F6O3. The topological polar surface area (TPSA) is 46.5 Å². The monoisotopic (exact) mass is 374 g/mol. The van der Waals surface area contributed by atoms with Gasteiger partial charge in [0.2, 0.25) is 0 Å². The normalized spacial score (nSPS) is 27.0. The fourth-order valence-electron chi connectivity index (χ4n) is 4.24. The van der Waals surface area contributed by atoms with Gasteiger partial charge in [-0.3, -0.25) is 0 Å². The predicted octanol–water partition coefficient (Wildman–Crippen LogP) is 5.56. The van der Waals surface area contributed by atoms with E-state index in [2.05, 4.69) is 4.74 Å². The molecule has 1 saturated carbocycles. The van der Waals surface area contributed by atoms with Gasteiger partial charge in [-0.05, 0) is 50.9 Å². The Balaban J connectivity index is 2.39. The summed E-state index contributed by atoms with van der Waals surface area (Å²) < 4.78 is 86.5. The number of halogens is 6. The summed E-state index contributed by atoms with van der Waals surface area (Å²) in [5, 5.41) is 8.63. The molecule has 1 N–H and O–H groups in total. The molecular weight excluding hydrogens is 354 g/mol. The van der Waals surface area contributed by atoms with Crippen LogP contribution in [0.1, 0.15) is 39.5 Å². The highest BCUT2D eigenvalue weighted by Gasteiger charge is 2.72. The maximum absolute atomic E-state index is 13.7. The van der Waals surface area contributed by atoms with E-state index in [0.717, 1.165) is 13.8 Å². The zero-order chi connectivity index (χ0) is 19.3. The van der Waals surface area contributed by atoms with E-state index in [0.29, 0.717) is 6.42 Å². The van der Waals surface area contributed by atoms with Crippen molar-refractivity contribution in [2.45, 2.75) is 57.5 Å². The first-order valence-corrected chi connectivity index (χ1v) is 7.91. The molecule has 25 heavy (non-hydrogen) atoms. The van der Waals surface area contributed by atoms with Crippen LogP contribution in [0, 0.1) is 23.2 Å². The lowest BCUT2D eigenvalue weighted by Gasteiger charge is -2.43. The van der Waals surface area contributed by atoms with Gasteiger partial charge in [-0.1, -0.05) is 12.2 Å². The lowest BCUT2D eigenvalue weighted by atomic mass is 9.68. The molecule has 0 aromatic heterocycles. The van der Waals surface area contributed by atoms with Crippen molar-refractivity contribution in [3.8, 4) is 0 Å². The number of alkyl halides is 6. The highest BCUT2D eigenvalue weighted by Crippen LogP contribution is 2.61. The highest BCUT2D eigenvalue weighted by molar-refractivity contribution is 5.57. The Morgan fingerprint density at radius 1 is 1.08 bits per heavy atom. The number of carbonyl (C=O) groups is 1. The van der Waals surface area contributed by atoms with E-state index in [1.165, 1.54) is 0 Å². The molecule has 0 spiro atoms. The molecule has 9 heteroatoms. The van der Waals surface area contributed by atoms with Gasteiger partial charge in [0, 0.05) is 6.42 Å². The first-order valence-electron chi connectivity index (χ1n) is 7.91. The average Bonchev–Trinajstić information content (AvgIpc) is 2.95. The first-order chi connectivity index (χ1) is 11.2. The van der Waals surface area contributed by atoms with Crippen LogP contribution in [-0.4, -0.2) is 29.2 Å². The van der Waals surface area contributed by atoms with Crippen molar-refractivity contribution in [1.29, 1.82) is 0 Å². The molecule has 3 nitrogen and oxygen atoms in total. The van der Waals surface area contributed by atoms with E-state index in [-0.39, 0.29) is 18.3 Å². The zero-order valence-corrected chi connectivity index (χ0v) is 13.7. The number of hydrogen-bond donors (Lipinski definition) is 1. The lowest BCUT2D eigenvalue weighted by Crippen LogP contribution is -2.55. The summed E-state index contributed by atoms with van der Waals surface area (Å²) in [5.41, 5.74) is -6.15. The van der Waals surface area contributed by atoms with Crippen LogP contribution in [0.2, 0.25) is 0 Å². The molecule has 2 aliphatic rings. The minimum atomic E-state index is -5.57. The molecule has 2 rings (SSSR count). The van der Waals surface area contributed by atoms with Crippen molar-refractivity contribution in [3.05, 3.63) is 12.2 Å². The zero-order valence-electron chi connectivity index (χ0n) is 13.7. The molecule has 0 amide bonds. The Labute approximate surface area is 141 Å². The standard InChI is InChI=1S/C16H20F6O3/c1-13(2,25-12(23)24)8-14(15(17,18)19,16(20,21)22)7-11-6-9-3-4-10(11)5-9/h3-4,9-11H,5-8H2,1-2H3,(H,23,24). The summed E-state index contributed by atoms with van der Waals surface area (Å²) in [6.45, 7) is 1.85. The summed E-state index contributed by atoms with van der Waals surface area (Å²) in [5.74, 6) is -1.01. The van der Waals surface area contributed by atoms with Gasteiger partial charge in [0.05, 0.1) is 0 Å². The molecule has 0 aromatic rings. The highest BCUT2D eigenvalue weighted by atomic mass is 19.4. The van der Waals surface area contributed by atoms with E-state index in [1.54, 1.807) is 6.08 Å². The number of hydrogen-bond acceptors (Lipinski definition) is 2. The van der Waals surface area contributed by atoms with Crippen molar-refractivity contribution in [2.24, 2.45) is 23.2 Å². The van der Waals surface area contributed by atoms with E-state index >= 15 is 0 Å². The Hall–Kier alpha value is -1.41. The van der Waals surface area contributed by atoms with Gasteiger partial charge in [-0.15, -0.1) is 0 Å². The molecule has 0 saturated heterocycles. The van der Waals surface area contributed by atoms with Crippen LogP contribution in [0.4, 0.5) is 31.1 Å². The largest absolute Gasteiger partial charge is 0.506 e. The first kappa shape index (κ1) is 19.9. The fourth-order valence-corrected chi connectivity index (χ4v) is 4.24. The number of fused-ring (bicyclic) bond motifs is 2. The van der Waals surface area contributed by atoms with Gasteiger partial charge >= 0.3 is 18.5 Å². The van der Waals surface area contributed by atoms with Crippen LogP contribution in [0.3, 0.4) is 0 Å². The van der Waals surface area contributed by atoms with E-state index in [1.807, 2.05) is 6.08 Å². The summed E-state index contributed by atoms with van der Waals surface area (Å²) in [4.78, 5) is 10.7. The molecule has 2 aliphatic carbocycles. The van der Waals surface area contributed by atoms with E-state index < -0.39 is 48.3 Å². The Morgan fingerprint density at radius 2 is 1.64 bits per heavy atom. The molecule has 0 aliphatic heterocycles. The van der Waals surface area contributed by atoms with Crippen molar-refractivity contribution in [1.82, 2.24) is 0 Å². The van der Waals surface area contributed by atoms with Gasteiger partial charge in [-0.2, -0.15) is 26.3 Å². The Morgan fingerprint density at radius 3 is 2.00 bits per heavy atom. The van der Waals surface area contributed by atoms with Gasteiger partial charge in [0.25, 0.3) is 0 Å². The van der Waals surface area contributed by atoms with Crippen molar-refractivity contribution >= 4 is 6.16 Å². The molecule has 2 bridgehead atoms. The number of carboxylic acid groups (broad SMARTS) is 1.